The minimum Gasteiger partial charge on any atom is -0.458 e. The van der Waals surface area contributed by atoms with E-state index in [1.165, 1.54) is 26.8 Å². The van der Waals surface area contributed by atoms with E-state index in [0.29, 0.717) is 23.1 Å². The van der Waals surface area contributed by atoms with Crippen LogP contribution in [0.1, 0.15) is 61.3 Å². The SMILES string of the molecule is CC(=O)O[C@H]1C(=O)[C@]2(C)C=CC(=O)/C(=C/[C@H](OC(C)=O)[C@@H]3C[C@H](OC(C)=O)C(C)=C1C3(C)C)C2. The van der Waals surface area contributed by atoms with Gasteiger partial charge >= 0.3 is 17.9 Å². The summed E-state index contributed by atoms with van der Waals surface area (Å²) in [6, 6.07) is 0. The Kier molecular flexibility index (Phi) is 6.75. The number of allylic oxidation sites excluding steroid dienone is 3. The second kappa shape index (κ2) is 8.96. The van der Waals surface area contributed by atoms with Crippen molar-refractivity contribution in [2.75, 3.05) is 0 Å². The highest BCUT2D eigenvalue weighted by Crippen LogP contribution is 2.52. The molecule has 0 N–H and O–H groups in total. The van der Waals surface area contributed by atoms with Crippen molar-refractivity contribution in [1.82, 2.24) is 0 Å². The molecule has 0 aromatic rings. The highest BCUT2D eigenvalue weighted by molar-refractivity contribution is 6.08. The molecule has 8 nitrogen and oxygen atoms in total. The van der Waals surface area contributed by atoms with Gasteiger partial charge in [0.15, 0.2) is 17.7 Å². The molecule has 184 valence electrons. The summed E-state index contributed by atoms with van der Waals surface area (Å²) in [6.45, 7) is 11.0. The van der Waals surface area contributed by atoms with Crippen LogP contribution >= 0.6 is 0 Å². The second-order valence-electron chi connectivity index (χ2n) is 10.2. The lowest BCUT2D eigenvalue weighted by Gasteiger charge is -2.49. The third-order valence-corrected chi connectivity index (χ3v) is 7.19. The molecule has 4 bridgehead atoms. The molecule has 0 aromatic carbocycles. The highest BCUT2D eigenvalue weighted by Gasteiger charge is 2.54. The summed E-state index contributed by atoms with van der Waals surface area (Å²) in [5, 5.41) is 0. The number of esters is 3. The Morgan fingerprint density at radius 3 is 2.09 bits per heavy atom. The largest absolute Gasteiger partial charge is 0.458 e. The van der Waals surface area contributed by atoms with Crippen molar-refractivity contribution in [3.05, 3.63) is 34.9 Å². The maximum absolute atomic E-state index is 14.0. The van der Waals surface area contributed by atoms with Crippen LogP contribution in [0.4, 0.5) is 0 Å². The van der Waals surface area contributed by atoms with Crippen LogP contribution in [0, 0.1) is 16.7 Å². The number of Topliss-reactive ketones (excluding diaryl/α,β-unsaturated/α-hetero) is 1. The van der Waals surface area contributed by atoms with Crippen molar-refractivity contribution in [3.63, 3.8) is 0 Å². The van der Waals surface area contributed by atoms with Crippen molar-refractivity contribution >= 4 is 29.5 Å². The lowest BCUT2D eigenvalue weighted by atomic mass is 9.58. The summed E-state index contributed by atoms with van der Waals surface area (Å²) in [5.74, 6) is -2.78. The van der Waals surface area contributed by atoms with Crippen LogP contribution in [0.15, 0.2) is 34.9 Å². The number of ether oxygens (including phenoxy) is 3. The molecule has 0 heterocycles. The van der Waals surface area contributed by atoms with Gasteiger partial charge in [0.1, 0.15) is 12.2 Å². The molecule has 34 heavy (non-hydrogen) atoms. The summed E-state index contributed by atoms with van der Waals surface area (Å²) in [6.07, 6.45) is 2.10. The molecule has 0 amide bonds. The first-order valence-electron chi connectivity index (χ1n) is 11.4. The first-order chi connectivity index (χ1) is 15.7. The van der Waals surface area contributed by atoms with Gasteiger partial charge in [-0.3, -0.25) is 24.0 Å². The van der Waals surface area contributed by atoms with Gasteiger partial charge in [-0.2, -0.15) is 0 Å². The molecule has 5 atom stereocenters. The van der Waals surface area contributed by atoms with Crippen molar-refractivity contribution in [2.45, 2.75) is 79.6 Å². The van der Waals surface area contributed by atoms with Crippen molar-refractivity contribution in [3.8, 4) is 0 Å². The number of hydrogen-bond donors (Lipinski definition) is 0. The normalized spacial score (nSPS) is 34.0. The fourth-order valence-electron chi connectivity index (χ4n) is 5.56. The molecule has 0 unspecified atom stereocenters. The Balaban J connectivity index is 2.36. The van der Waals surface area contributed by atoms with Gasteiger partial charge in [-0.15, -0.1) is 0 Å². The number of hydrogen-bond acceptors (Lipinski definition) is 8. The van der Waals surface area contributed by atoms with E-state index in [0.717, 1.165) is 0 Å². The molecule has 3 rings (SSSR count). The number of ketones is 2. The van der Waals surface area contributed by atoms with Gasteiger partial charge < -0.3 is 14.2 Å². The van der Waals surface area contributed by atoms with E-state index in [2.05, 4.69) is 0 Å². The number of fused-ring (bicyclic) bond motifs is 4. The standard InChI is InChI=1S/C26H32O8/c1-13-20(32-14(2)27)11-18-21(33-15(3)28)10-17-12-26(7,9-8-19(17)30)24(31)23(34-16(4)29)22(13)25(18,5)6/h8-10,18,20-21,23H,11-12H2,1-7H3/b17-10+/t18-,20-,21-,23+,26+/m0/s1. The monoisotopic (exact) mass is 472 g/mol. The van der Waals surface area contributed by atoms with E-state index >= 15 is 0 Å². The Morgan fingerprint density at radius 1 is 0.941 bits per heavy atom. The minimum absolute atomic E-state index is 0.0869. The third-order valence-electron chi connectivity index (χ3n) is 7.19. The van der Waals surface area contributed by atoms with Gasteiger partial charge in [-0.1, -0.05) is 19.9 Å². The van der Waals surface area contributed by atoms with Gasteiger partial charge in [-0.05, 0) is 55.4 Å². The molecule has 3 aliphatic carbocycles. The number of carbonyl (C=O) groups is 5. The Hall–Kier alpha value is -3.03. The molecule has 0 saturated heterocycles. The van der Waals surface area contributed by atoms with Gasteiger partial charge in [0.2, 0.25) is 0 Å². The van der Waals surface area contributed by atoms with E-state index in [4.69, 9.17) is 14.2 Å². The van der Waals surface area contributed by atoms with Gasteiger partial charge in [0, 0.05) is 32.3 Å². The Morgan fingerprint density at radius 2 is 1.53 bits per heavy atom. The predicted octanol–water partition coefficient (Wildman–Crippen LogP) is 3.19. The summed E-state index contributed by atoms with van der Waals surface area (Å²) >= 11 is 0. The van der Waals surface area contributed by atoms with Gasteiger partial charge in [0.05, 0.1) is 5.41 Å². The van der Waals surface area contributed by atoms with E-state index in [1.54, 1.807) is 26.0 Å². The van der Waals surface area contributed by atoms with Crippen LogP contribution < -0.4 is 0 Å². The van der Waals surface area contributed by atoms with Crippen molar-refractivity contribution in [1.29, 1.82) is 0 Å². The maximum atomic E-state index is 14.0. The van der Waals surface area contributed by atoms with Crippen LogP contribution in [-0.2, 0) is 38.2 Å². The molecular weight excluding hydrogens is 440 g/mol. The topological polar surface area (TPSA) is 113 Å². The average Bonchev–Trinajstić information content (AvgIpc) is 2.69. The Bertz CT molecular complexity index is 1040. The Labute approximate surface area is 199 Å². The first kappa shape index (κ1) is 25.6. The predicted molar refractivity (Wildman–Crippen MR) is 121 cm³/mol. The molecular formula is C26H32O8. The van der Waals surface area contributed by atoms with Gasteiger partial charge in [0.25, 0.3) is 0 Å². The van der Waals surface area contributed by atoms with E-state index in [-0.39, 0.29) is 18.0 Å². The van der Waals surface area contributed by atoms with Crippen molar-refractivity contribution in [2.24, 2.45) is 16.7 Å². The lowest BCUT2D eigenvalue weighted by Crippen LogP contribution is -2.52. The molecule has 0 aliphatic heterocycles. The summed E-state index contributed by atoms with van der Waals surface area (Å²) in [7, 11) is 0. The van der Waals surface area contributed by atoms with Gasteiger partial charge in [-0.25, -0.2) is 0 Å². The third kappa shape index (κ3) is 4.63. The fraction of sp³-hybridized carbons (Fsp3) is 0.577. The van der Waals surface area contributed by atoms with Crippen LogP contribution in [-0.4, -0.2) is 47.8 Å². The van der Waals surface area contributed by atoms with Crippen LogP contribution in [0.2, 0.25) is 0 Å². The maximum Gasteiger partial charge on any atom is 0.303 e. The van der Waals surface area contributed by atoms with E-state index < -0.39 is 53.0 Å². The van der Waals surface area contributed by atoms with Crippen LogP contribution in [0.3, 0.4) is 0 Å². The summed E-state index contributed by atoms with van der Waals surface area (Å²) < 4.78 is 16.9. The molecule has 3 aliphatic rings. The summed E-state index contributed by atoms with van der Waals surface area (Å²) in [4.78, 5) is 62.8. The average molecular weight is 473 g/mol. The van der Waals surface area contributed by atoms with Crippen LogP contribution in [0.5, 0.6) is 0 Å². The van der Waals surface area contributed by atoms with E-state index in [1.807, 2.05) is 13.8 Å². The van der Waals surface area contributed by atoms with Crippen LogP contribution in [0.25, 0.3) is 0 Å². The first-order valence-corrected chi connectivity index (χ1v) is 11.4. The summed E-state index contributed by atoms with van der Waals surface area (Å²) in [5.41, 5.74) is -0.452. The number of rotatable bonds is 3. The molecule has 0 fully saturated rings. The second-order valence-corrected chi connectivity index (χ2v) is 10.2. The molecule has 0 saturated carbocycles. The zero-order valence-corrected chi connectivity index (χ0v) is 20.7. The molecule has 0 spiro atoms. The van der Waals surface area contributed by atoms with Crippen molar-refractivity contribution < 1.29 is 38.2 Å². The lowest BCUT2D eigenvalue weighted by molar-refractivity contribution is -0.158. The zero-order chi connectivity index (χ0) is 25.6. The zero-order valence-electron chi connectivity index (χ0n) is 20.7. The highest BCUT2D eigenvalue weighted by atomic mass is 16.6. The molecule has 8 heteroatoms. The fourth-order valence-corrected chi connectivity index (χ4v) is 5.56. The van der Waals surface area contributed by atoms with E-state index in [9.17, 15) is 24.0 Å². The quantitative estimate of drug-likeness (QED) is 0.350. The molecule has 0 aromatic heterocycles. The minimum atomic E-state index is -1.26. The smallest absolute Gasteiger partial charge is 0.303 e. The number of carbonyl (C=O) groups excluding carboxylic acids is 5. The molecule has 0 radical (unpaired) electrons.